The van der Waals surface area contributed by atoms with Gasteiger partial charge in [0.1, 0.15) is 0 Å². The summed E-state index contributed by atoms with van der Waals surface area (Å²) >= 11 is 0. The molecule has 2 N–H and O–H groups in total. The molecule has 1 rings (SSSR count). The summed E-state index contributed by atoms with van der Waals surface area (Å²) in [5, 5.41) is 17.3. The summed E-state index contributed by atoms with van der Waals surface area (Å²) in [4.78, 5) is 14.7. The molecule has 124 valence electrons. The average molecular weight is 420 g/mol. The summed E-state index contributed by atoms with van der Waals surface area (Å²) in [6, 6.07) is 6.72. The second kappa shape index (κ2) is 11.2. The molecule has 0 saturated carbocycles. The Bertz CT molecular complexity index is 492. The molecular weight excluding hydrogens is 395 g/mol. The van der Waals surface area contributed by atoms with Crippen LogP contribution in [0.4, 0.5) is 5.69 Å². The number of nitro benzene ring substituents is 1. The number of rotatable bonds is 7. The number of aliphatic imine (C=N–C) groups is 1. The highest BCUT2D eigenvalue weighted by Crippen LogP contribution is 2.16. The maximum Gasteiger partial charge on any atom is 0.274 e. The molecule has 0 amide bonds. The van der Waals surface area contributed by atoms with Crippen molar-refractivity contribution in [1.82, 2.24) is 10.6 Å². The number of benzene rings is 1. The van der Waals surface area contributed by atoms with E-state index < -0.39 is 0 Å². The Balaban J connectivity index is 0.00000441. The van der Waals surface area contributed by atoms with Crippen LogP contribution in [0.25, 0.3) is 0 Å². The number of hydrogen-bond donors (Lipinski definition) is 2. The maximum absolute atomic E-state index is 10.9. The Hall–Kier alpha value is -1.38. The van der Waals surface area contributed by atoms with Crippen LogP contribution in [0.5, 0.6) is 0 Å². The van der Waals surface area contributed by atoms with Crippen molar-refractivity contribution in [2.75, 3.05) is 13.6 Å². The van der Waals surface area contributed by atoms with Gasteiger partial charge in [0, 0.05) is 31.8 Å². The van der Waals surface area contributed by atoms with E-state index in [0.29, 0.717) is 24.0 Å². The van der Waals surface area contributed by atoms with Crippen LogP contribution >= 0.6 is 24.0 Å². The Morgan fingerprint density at radius 1 is 1.32 bits per heavy atom. The van der Waals surface area contributed by atoms with E-state index in [1.54, 1.807) is 25.2 Å². The van der Waals surface area contributed by atoms with Gasteiger partial charge in [0.2, 0.25) is 0 Å². The lowest BCUT2D eigenvalue weighted by Gasteiger charge is -2.12. The summed E-state index contributed by atoms with van der Waals surface area (Å²) in [5.41, 5.74) is 0.771. The molecule has 0 aliphatic heterocycles. The molecule has 0 heterocycles. The first-order valence-corrected chi connectivity index (χ1v) is 7.21. The van der Waals surface area contributed by atoms with Gasteiger partial charge < -0.3 is 10.6 Å². The summed E-state index contributed by atoms with van der Waals surface area (Å²) in [7, 11) is 1.69. The number of hydrogen-bond acceptors (Lipinski definition) is 3. The van der Waals surface area contributed by atoms with Crippen LogP contribution in [-0.4, -0.2) is 24.5 Å². The Labute approximate surface area is 149 Å². The van der Waals surface area contributed by atoms with Gasteiger partial charge in [0.25, 0.3) is 5.69 Å². The van der Waals surface area contributed by atoms with Gasteiger partial charge in [0.05, 0.1) is 4.92 Å². The summed E-state index contributed by atoms with van der Waals surface area (Å²) in [6.07, 6.45) is 2.23. The topological polar surface area (TPSA) is 79.6 Å². The van der Waals surface area contributed by atoms with Crippen LogP contribution in [0.3, 0.4) is 0 Å². The molecule has 0 atom stereocenters. The quantitative estimate of drug-likeness (QED) is 0.177. The zero-order valence-electron chi connectivity index (χ0n) is 13.3. The molecule has 6 nitrogen and oxygen atoms in total. The lowest BCUT2D eigenvalue weighted by molar-refractivity contribution is -0.385. The molecule has 0 unspecified atom stereocenters. The van der Waals surface area contributed by atoms with E-state index in [2.05, 4.69) is 29.5 Å². The van der Waals surface area contributed by atoms with Crippen molar-refractivity contribution < 1.29 is 4.92 Å². The molecule has 0 fully saturated rings. The van der Waals surface area contributed by atoms with Crippen molar-refractivity contribution in [2.24, 2.45) is 10.9 Å². The van der Waals surface area contributed by atoms with Gasteiger partial charge in [-0.15, -0.1) is 24.0 Å². The molecule has 0 radical (unpaired) electrons. The molecule has 0 spiro atoms. The van der Waals surface area contributed by atoms with Gasteiger partial charge >= 0.3 is 0 Å². The molecule has 0 bridgehead atoms. The van der Waals surface area contributed by atoms with Crippen LogP contribution in [0.15, 0.2) is 29.3 Å². The SMILES string of the molecule is CN=C(NCCCC(C)C)NCc1ccccc1[N+](=O)[O-].I. The summed E-state index contributed by atoms with van der Waals surface area (Å²) < 4.78 is 0. The number of nitro groups is 1. The first kappa shape index (κ1) is 20.6. The van der Waals surface area contributed by atoms with Gasteiger partial charge in [-0.2, -0.15) is 0 Å². The molecule has 22 heavy (non-hydrogen) atoms. The normalized spacial score (nSPS) is 11.0. The molecule has 0 aromatic heterocycles. The van der Waals surface area contributed by atoms with Gasteiger partial charge in [-0.3, -0.25) is 15.1 Å². The van der Waals surface area contributed by atoms with Gasteiger partial charge in [-0.25, -0.2) is 0 Å². The number of nitrogens with one attached hydrogen (secondary N) is 2. The van der Waals surface area contributed by atoms with Gasteiger partial charge in [-0.05, 0) is 18.8 Å². The number of nitrogens with zero attached hydrogens (tertiary/aromatic N) is 2. The van der Waals surface area contributed by atoms with Crippen LogP contribution in [-0.2, 0) is 6.54 Å². The fraction of sp³-hybridized carbons (Fsp3) is 0.533. The monoisotopic (exact) mass is 420 g/mol. The average Bonchev–Trinajstić information content (AvgIpc) is 2.46. The smallest absolute Gasteiger partial charge is 0.274 e. The second-order valence-corrected chi connectivity index (χ2v) is 5.27. The molecule has 0 aliphatic carbocycles. The van der Waals surface area contributed by atoms with Crippen molar-refractivity contribution in [3.8, 4) is 0 Å². The summed E-state index contributed by atoms with van der Waals surface area (Å²) in [6.45, 7) is 5.61. The third-order valence-corrected chi connectivity index (χ3v) is 3.11. The third-order valence-electron chi connectivity index (χ3n) is 3.11. The summed E-state index contributed by atoms with van der Waals surface area (Å²) in [5.74, 6) is 1.35. The zero-order chi connectivity index (χ0) is 15.7. The third kappa shape index (κ3) is 7.58. The van der Waals surface area contributed by atoms with Crippen LogP contribution in [0, 0.1) is 16.0 Å². The highest BCUT2D eigenvalue weighted by Gasteiger charge is 2.12. The van der Waals surface area contributed by atoms with E-state index in [9.17, 15) is 10.1 Å². The van der Waals surface area contributed by atoms with Crippen molar-refractivity contribution >= 4 is 35.6 Å². The fourth-order valence-electron chi connectivity index (χ4n) is 1.96. The zero-order valence-corrected chi connectivity index (χ0v) is 15.7. The van der Waals surface area contributed by atoms with Crippen molar-refractivity contribution in [1.29, 1.82) is 0 Å². The molecule has 0 aliphatic rings. The lowest BCUT2D eigenvalue weighted by atomic mass is 10.1. The molecular formula is C15H25IN4O2. The van der Waals surface area contributed by atoms with Crippen molar-refractivity contribution in [2.45, 2.75) is 33.2 Å². The number of halogens is 1. The minimum Gasteiger partial charge on any atom is -0.356 e. The first-order chi connectivity index (χ1) is 10.0. The van der Waals surface area contributed by atoms with E-state index in [1.807, 2.05) is 0 Å². The first-order valence-electron chi connectivity index (χ1n) is 7.21. The fourth-order valence-corrected chi connectivity index (χ4v) is 1.96. The minimum atomic E-state index is -0.365. The highest BCUT2D eigenvalue weighted by atomic mass is 127. The molecule has 0 saturated heterocycles. The Morgan fingerprint density at radius 3 is 2.59 bits per heavy atom. The number of para-hydroxylation sites is 1. The van der Waals surface area contributed by atoms with Gasteiger partial charge in [0.15, 0.2) is 5.96 Å². The lowest BCUT2D eigenvalue weighted by Crippen LogP contribution is -2.37. The van der Waals surface area contributed by atoms with E-state index in [1.165, 1.54) is 6.07 Å². The number of guanidine groups is 1. The van der Waals surface area contributed by atoms with Crippen molar-refractivity contribution in [3.63, 3.8) is 0 Å². The van der Waals surface area contributed by atoms with E-state index >= 15 is 0 Å². The maximum atomic E-state index is 10.9. The van der Waals surface area contributed by atoms with Crippen LogP contribution in [0.1, 0.15) is 32.3 Å². The highest BCUT2D eigenvalue weighted by molar-refractivity contribution is 14.0. The standard InChI is InChI=1S/C15H24N4O2.HI/c1-12(2)7-6-10-17-15(16-3)18-11-13-8-4-5-9-14(13)19(20)21;/h4-5,8-9,12H,6-7,10-11H2,1-3H3,(H2,16,17,18);1H. The largest absolute Gasteiger partial charge is 0.356 e. The van der Waals surface area contributed by atoms with Gasteiger partial charge in [-0.1, -0.05) is 32.0 Å². The predicted octanol–water partition coefficient (Wildman–Crippen LogP) is 3.31. The van der Waals surface area contributed by atoms with Crippen LogP contribution in [0.2, 0.25) is 0 Å². The molecule has 1 aromatic carbocycles. The predicted molar refractivity (Wildman–Crippen MR) is 101 cm³/mol. The van der Waals surface area contributed by atoms with E-state index in [0.717, 1.165) is 19.4 Å². The Morgan fingerprint density at radius 2 is 2.00 bits per heavy atom. The second-order valence-electron chi connectivity index (χ2n) is 5.27. The van der Waals surface area contributed by atoms with E-state index in [4.69, 9.17) is 0 Å². The molecule has 1 aromatic rings. The van der Waals surface area contributed by atoms with E-state index in [-0.39, 0.29) is 34.6 Å². The van der Waals surface area contributed by atoms with Crippen molar-refractivity contribution in [3.05, 3.63) is 39.9 Å². The Kier molecular flexibility index (Phi) is 10.5. The molecule has 7 heteroatoms. The minimum absolute atomic E-state index is 0. The van der Waals surface area contributed by atoms with Crippen LogP contribution < -0.4 is 10.6 Å².